The van der Waals surface area contributed by atoms with Crippen molar-refractivity contribution in [2.24, 2.45) is 0 Å². The molecule has 4 aromatic rings. The van der Waals surface area contributed by atoms with Crippen molar-refractivity contribution in [3.8, 4) is 23.0 Å². The lowest BCUT2D eigenvalue weighted by atomic mass is 9.76. The highest BCUT2D eigenvalue weighted by Crippen LogP contribution is 2.39. The highest BCUT2D eigenvalue weighted by molar-refractivity contribution is 5.51. The third kappa shape index (κ3) is 8.53. The highest BCUT2D eigenvalue weighted by atomic mass is 16.6. The van der Waals surface area contributed by atoms with E-state index in [1.807, 2.05) is 0 Å². The SMILES string of the molecule is CC(C)(c1ccc(OCC2CO2)cc1)c1ccc(OCC2CO2)c(Cc2cc(C(C)(C)c3ccc(OCC4CO4)cc3)ccc2OCC2CO2)c1. The Morgan fingerprint density at radius 3 is 1.10 bits per heavy atom. The molecule has 4 saturated heterocycles. The molecular weight excluding hydrogens is 644 g/mol. The zero-order valence-electron chi connectivity index (χ0n) is 30.0. The molecule has 0 bridgehead atoms. The molecule has 268 valence electrons. The molecule has 8 nitrogen and oxygen atoms in total. The Labute approximate surface area is 300 Å². The van der Waals surface area contributed by atoms with Gasteiger partial charge in [0, 0.05) is 17.3 Å². The molecule has 0 saturated carbocycles. The van der Waals surface area contributed by atoms with Crippen LogP contribution in [0, 0.1) is 0 Å². The van der Waals surface area contributed by atoms with Crippen molar-refractivity contribution in [1.29, 1.82) is 0 Å². The molecule has 4 unspecified atom stereocenters. The van der Waals surface area contributed by atoms with E-state index in [4.69, 9.17) is 37.9 Å². The Morgan fingerprint density at radius 1 is 0.451 bits per heavy atom. The summed E-state index contributed by atoms with van der Waals surface area (Å²) in [5, 5.41) is 0. The second-order valence-electron chi connectivity index (χ2n) is 15.2. The number of rotatable bonds is 18. The molecular formula is C43H48O8. The van der Waals surface area contributed by atoms with E-state index >= 15 is 0 Å². The van der Waals surface area contributed by atoms with Crippen molar-refractivity contribution in [1.82, 2.24) is 0 Å². The zero-order chi connectivity index (χ0) is 35.0. The summed E-state index contributed by atoms with van der Waals surface area (Å²) in [6.45, 7) is 14.4. The lowest BCUT2D eigenvalue weighted by molar-refractivity contribution is 0.259. The van der Waals surface area contributed by atoms with Gasteiger partial charge in [-0.25, -0.2) is 0 Å². The van der Waals surface area contributed by atoms with E-state index in [-0.39, 0.29) is 35.2 Å². The smallest absolute Gasteiger partial charge is 0.122 e. The molecule has 4 aliphatic heterocycles. The summed E-state index contributed by atoms with van der Waals surface area (Å²) in [5.74, 6) is 3.45. The van der Waals surface area contributed by atoms with Gasteiger partial charge in [0.25, 0.3) is 0 Å². The van der Waals surface area contributed by atoms with E-state index < -0.39 is 0 Å². The van der Waals surface area contributed by atoms with Gasteiger partial charge < -0.3 is 37.9 Å². The fraction of sp³-hybridized carbons (Fsp3) is 0.442. The molecule has 0 N–H and O–H groups in total. The predicted octanol–water partition coefficient (Wildman–Crippen LogP) is 7.04. The molecule has 0 aliphatic carbocycles. The maximum atomic E-state index is 6.41. The highest BCUT2D eigenvalue weighted by Gasteiger charge is 2.30. The molecule has 4 heterocycles. The minimum Gasteiger partial charge on any atom is -0.491 e. The summed E-state index contributed by atoms with van der Waals surface area (Å²) in [4.78, 5) is 0. The minimum atomic E-state index is -0.265. The van der Waals surface area contributed by atoms with Gasteiger partial charge >= 0.3 is 0 Å². The van der Waals surface area contributed by atoms with Gasteiger partial charge in [0.1, 0.15) is 73.8 Å². The molecule has 8 heteroatoms. The van der Waals surface area contributed by atoms with Crippen LogP contribution in [0.1, 0.15) is 61.1 Å². The van der Waals surface area contributed by atoms with Crippen LogP contribution in [-0.2, 0) is 36.2 Å². The lowest BCUT2D eigenvalue weighted by Gasteiger charge is -2.29. The van der Waals surface area contributed by atoms with Crippen molar-refractivity contribution in [3.63, 3.8) is 0 Å². The van der Waals surface area contributed by atoms with Gasteiger partial charge in [-0.2, -0.15) is 0 Å². The standard InChI is InChI=1S/C43H48O8/c1-42(2,30-5-11-34(12-6-30)44-20-36-22-46-36)32-9-15-40(50-26-38-24-48-38)28(18-32)17-29-19-33(10-16-41(29)51-27-39-25-49-39)43(3,4)31-7-13-35(14-8-31)45-21-37-23-47-37/h5-16,18-19,36-39H,17,20-27H2,1-4H3. The second-order valence-corrected chi connectivity index (χ2v) is 15.2. The summed E-state index contributed by atoms with van der Waals surface area (Å²) < 4.78 is 46.2. The van der Waals surface area contributed by atoms with Crippen LogP contribution in [0.15, 0.2) is 84.9 Å². The second kappa shape index (κ2) is 14.2. The van der Waals surface area contributed by atoms with E-state index in [0.717, 1.165) is 60.6 Å². The van der Waals surface area contributed by atoms with Gasteiger partial charge in [-0.15, -0.1) is 0 Å². The zero-order valence-corrected chi connectivity index (χ0v) is 30.0. The van der Waals surface area contributed by atoms with Crippen LogP contribution in [0.25, 0.3) is 0 Å². The molecule has 4 fully saturated rings. The summed E-state index contributed by atoms with van der Waals surface area (Å²) in [5.41, 5.74) is 6.50. The van der Waals surface area contributed by atoms with Crippen molar-refractivity contribution in [2.45, 2.75) is 69.4 Å². The Balaban J connectivity index is 1.08. The fourth-order valence-electron chi connectivity index (χ4n) is 6.37. The van der Waals surface area contributed by atoms with Gasteiger partial charge in [0.2, 0.25) is 0 Å². The summed E-state index contributed by atoms with van der Waals surface area (Å²) in [6.07, 6.45) is 1.40. The van der Waals surface area contributed by atoms with Crippen LogP contribution < -0.4 is 18.9 Å². The summed E-state index contributed by atoms with van der Waals surface area (Å²) in [6, 6.07) is 30.1. The van der Waals surface area contributed by atoms with Crippen LogP contribution >= 0.6 is 0 Å². The average Bonchev–Trinajstić information content (AvgIpc) is 3.93. The Morgan fingerprint density at radius 2 is 0.765 bits per heavy atom. The Kier molecular flexibility index (Phi) is 9.44. The summed E-state index contributed by atoms with van der Waals surface area (Å²) in [7, 11) is 0. The Hall–Kier alpha value is -4.08. The van der Waals surface area contributed by atoms with E-state index in [9.17, 15) is 0 Å². The predicted molar refractivity (Wildman–Crippen MR) is 194 cm³/mol. The van der Waals surface area contributed by atoms with Crippen molar-refractivity contribution < 1.29 is 37.9 Å². The van der Waals surface area contributed by atoms with Gasteiger partial charge in [0.15, 0.2) is 0 Å². The van der Waals surface area contributed by atoms with Crippen molar-refractivity contribution in [3.05, 3.63) is 118 Å². The first-order valence-corrected chi connectivity index (χ1v) is 18.2. The van der Waals surface area contributed by atoms with Crippen LogP contribution in [0.2, 0.25) is 0 Å². The third-order valence-corrected chi connectivity index (χ3v) is 10.4. The third-order valence-electron chi connectivity index (χ3n) is 10.4. The van der Waals surface area contributed by atoms with Crippen LogP contribution in [-0.4, -0.2) is 77.3 Å². The number of hydrogen-bond donors (Lipinski definition) is 0. The van der Waals surface area contributed by atoms with E-state index in [2.05, 4.69) is 113 Å². The average molecular weight is 693 g/mol. The Bertz CT molecular complexity index is 1670. The molecule has 0 radical (unpaired) electrons. The lowest BCUT2D eigenvalue weighted by Crippen LogP contribution is -2.20. The number of benzene rings is 4. The minimum absolute atomic E-state index is 0.154. The van der Waals surface area contributed by atoms with Crippen LogP contribution in [0.5, 0.6) is 23.0 Å². The molecule has 51 heavy (non-hydrogen) atoms. The number of hydrogen-bond acceptors (Lipinski definition) is 8. The monoisotopic (exact) mass is 692 g/mol. The first kappa shape index (κ1) is 34.0. The van der Waals surface area contributed by atoms with Crippen LogP contribution in [0.3, 0.4) is 0 Å². The first-order chi connectivity index (χ1) is 24.7. The maximum absolute atomic E-state index is 6.41. The number of epoxide rings is 4. The maximum Gasteiger partial charge on any atom is 0.122 e. The topological polar surface area (TPSA) is 87.0 Å². The molecule has 0 amide bonds. The quantitative estimate of drug-likeness (QED) is 0.103. The van der Waals surface area contributed by atoms with E-state index in [1.165, 1.54) is 22.3 Å². The number of ether oxygens (including phenoxy) is 8. The molecule has 8 rings (SSSR count). The van der Waals surface area contributed by atoms with Crippen molar-refractivity contribution in [2.75, 3.05) is 52.9 Å². The molecule has 4 aromatic carbocycles. The van der Waals surface area contributed by atoms with Crippen LogP contribution in [0.4, 0.5) is 0 Å². The molecule has 0 aromatic heterocycles. The first-order valence-electron chi connectivity index (χ1n) is 18.2. The normalized spacial score (nSPS) is 21.9. The molecule has 4 aliphatic rings. The van der Waals surface area contributed by atoms with Gasteiger partial charge in [-0.1, -0.05) is 76.2 Å². The fourth-order valence-corrected chi connectivity index (χ4v) is 6.37. The molecule has 0 spiro atoms. The van der Waals surface area contributed by atoms with E-state index in [0.29, 0.717) is 32.8 Å². The molecule has 4 atom stereocenters. The van der Waals surface area contributed by atoms with Gasteiger partial charge in [-0.05, 0) is 69.8 Å². The van der Waals surface area contributed by atoms with Gasteiger partial charge in [-0.3, -0.25) is 0 Å². The summed E-state index contributed by atoms with van der Waals surface area (Å²) >= 11 is 0. The largest absolute Gasteiger partial charge is 0.491 e. The van der Waals surface area contributed by atoms with E-state index in [1.54, 1.807) is 0 Å². The van der Waals surface area contributed by atoms with Gasteiger partial charge in [0.05, 0.1) is 26.4 Å². The van der Waals surface area contributed by atoms with Crippen molar-refractivity contribution >= 4 is 0 Å².